The van der Waals surface area contributed by atoms with Crippen molar-refractivity contribution >= 4 is 0 Å². The average molecular weight is 534 g/mol. The summed E-state index contributed by atoms with van der Waals surface area (Å²) in [6.45, 7) is 4.50. The summed E-state index contributed by atoms with van der Waals surface area (Å²) in [6, 6.07) is 19.5. The van der Waals surface area contributed by atoms with E-state index in [-0.39, 0.29) is 6.04 Å². The number of benzene rings is 2. The molecule has 0 saturated heterocycles. The van der Waals surface area contributed by atoms with Crippen LogP contribution in [0.2, 0.25) is 0 Å². The molecular weight excluding hydrogens is 482 g/mol. The summed E-state index contributed by atoms with van der Waals surface area (Å²) in [5.74, 6) is 2.04. The Labute approximate surface area is 238 Å². The van der Waals surface area contributed by atoms with Crippen LogP contribution in [-0.2, 0) is 11.8 Å². The number of unbranched alkanes of at least 4 members (excludes halogenated alkanes) is 4. The molecule has 0 fully saturated rings. The highest BCUT2D eigenvalue weighted by molar-refractivity contribution is 5.39. The van der Waals surface area contributed by atoms with Crippen molar-refractivity contribution in [1.82, 2.24) is 0 Å². The van der Waals surface area contributed by atoms with Crippen LogP contribution >= 0.6 is 0 Å². The van der Waals surface area contributed by atoms with E-state index < -0.39 is 5.41 Å². The van der Waals surface area contributed by atoms with Crippen molar-refractivity contribution in [2.45, 2.75) is 109 Å². The number of rotatable bonds is 20. The Morgan fingerprint density at radius 3 is 2.05 bits per heavy atom. The van der Waals surface area contributed by atoms with Crippen molar-refractivity contribution in [3.05, 3.63) is 59.7 Å². The van der Waals surface area contributed by atoms with Crippen LogP contribution < -0.4 is 9.47 Å². The van der Waals surface area contributed by atoms with E-state index in [4.69, 9.17) is 9.47 Å². The zero-order chi connectivity index (χ0) is 28.3. The SMILES string of the molecule is CCCCCC(CCCCC)C(C#N)(CCCC(CCc1cccc(OC)c1)/N=N/C)c1cccc(OC)c1. The molecule has 2 aromatic rings. The van der Waals surface area contributed by atoms with Gasteiger partial charge in [0.25, 0.3) is 0 Å². The summed E-state index contributed by atoms with van der Waals surface area (Å²) in [4.78, 5) is 0. The smallest absolute Gasteiger partial charge is 0.119 e. The highest BCUT2D eigenvalue weighted by Crippen LogP contribution is 2.43. The Kier molecular flexibility index (Phi) is 15.3. The van der Waals surface area contributed by atoms with Gasteiger partial charge in [-0.2, -0.15) is 15.5 Å². The second-order valence-corrected chi connectivity index (χ2v) is 10.8. The van der Waals surface area contributed by atoms with Crippen LogP contribution in [0.3, 0.4) is 0 Å². The molecule has 0 spiro atoms. The molecule has 0 aliphatic heterocycles. The van der Waals surface area contributed by atoms with Gasteiger partial charge in [0, 0.05) is 7.05 Å². The molecule has 5 nitrogen and oxygen atoms in total. The van der Waals surface area contributed by atoms with Gasteiger partial charge >= 0.3 is 0 Å². The van der Waals surface area contributed by atoms with Crippen LogP contribution in [0.1, 0.15) is 102 Å². The maximum atomic E-state index is 10.9. The first-order chi connectivity index (χ1) is 19.1. The zero-order valence-corrected chi connectivity index (χ0v) is 25.1. The summed E-state index contributed by atoms with van der Waals surface area (Å²) in [7, 11) is 5.16. The summed E-state index contributed by atoms with van der Waals surface area (Å²) >= 11 is 0. The molecule has 214 valence electrons. The molecule has 0 heterocycles. The van der Waals surface area contributed by atoms with Crippen molar-refractivity contribution in [3.8, 4) is 17.6 Å². The predicted molar refractivity (Wildman–Crippen MR) is 162 cm³/mol. The van der Waals surface area contributed by atoms with Crippen molar-refractivity contribution < 1.29 is 9.47 Å². The van der Waals surface area contributed by atoms with Gasteiger partial charge in [-0.05, 0) is 86.3 Å². The lowest BCUT2D eigenvalue weighted by atomic mass is 9.64. The number of nitrogens with zero attached hydrogens (tertiary/aromatic N) is 3. The number of methoxy groups -OCH3 is 2. The molecule has 0 N–H and O–H groups in total. The quantitative estimate of drug-likeness (QED) is 0.126. The second-order valence-electron chi connectivity index (χ2n) is 10.8. The summed E-state index contributed by atoms with van der Waals surface area (Å²) in [6.07, 6.45) is 13.9. The molecule has 39 heavy (non-hydrogen) atoms. The Morgan fingerprint density at radius 1 is 0.821 bits per heavy atom. The molecule has 0 aromatic heterocycles. The molecular formula is C34H51N3O2. The summed E-state index contributed by atoms with van der Waals surface area (Å²) in [5.41, 5.74) is 1.82. The van der Waals surface area contributed by atoms with Gasteiger partial charge in [0.1, 0.15) is 11.5 Å². The molecule has 5 heteroatoms. The predicted octanol–water partition coefficient (Wildman–Crippen LogP) is 9.50. The van der Waals surface area contributed by atoms with Gasteiger partial charge in [-0.3, -0.25) is 0 Å². The van der Waals surface area contributed by atoms with Crippen LogP contribution in [0.5, 0.6) is 11.5 Å². The van der Waals surface area contributed by atoms with E-state index in [9.17, 15) is 5.26 Å². The van der Waals surface area contributed by atoms with Crippen molar-refractivity contribution in [1.29, 1.82) is 5.26 Å². The first kappa shape index (κ1) is 32.3. The molecule has 2 atom stereocenters. The van der Waals surface area contributed by atoms with Gasteiger partial charge in [-0.25, -0.2) is 0 Å². The first-order valence-corrected chi connectivity index (χ1v) is 15.0. The van der Waals surface area contributed by atoms with Crippen molar-refractivity contribution in [3.63, 3.8) is 0 Å². The first-order valence-electron chi connectivity index (χ1n) is 15.0. The van der Waals surface area contributed by atoms with E-state index in [2.05, 4.69) is 54.4 Å². The number of hydrogen-bond acceptors (Lipinski definition) is 5. The Morgan fingerprint density at radius 2 is 1.46 bits per heavy atom. The van der Waals surface area contributed by atoms with Crippen LogP contribution in [0.4, 0.5) is 0 Å². The normalized spacial score (nSPS) is 13.8. The molecule has 0 radical (unpaired) electrons. The number of hydrogen-bond donors (Lipinski definition) is 0. The summed E-state index contributed by atoms with van der Waals surface area (Å²) in [5, 5.41) is 19.6. The second kappa shape index (κ2) is 18.4. The number of aryl methyl sites for hydroxylation is 1. The third-order valence-electron chi connectivity index (χ3n) is 8.08. The van der Waals surface area contributed by atoms with Gasteiger partial charge < -0.3 is 9.47 Å². The molecule has 0 saturated carbocycles. The minimum absolute atomic E-state index is 0.140. The average Bonchev–Trinajstić information content (AvgIpc) is 2.98. The minimum atomic E-state index is -0.531. The molecule has 2 aromatic carbocycles. The van der Waals surface area contributed by atoms with Crippen molar-refractivity contribution in [2.75, 3.05) is 21.3 Å². The van der Waals surface area contributed by atoms with Gasteiger partial charge in [0.05, 0.1) is 31.7 Å². The van der Waals surface area contributed by atoms with Gasteiger partial charge in [0.15, 0.2) is 0 Å². The van der Waals surface area contributed by atoms with Gasteiger partial charge in [-0.15, -0.1) is 0 Å². The molecule has 0 bridgehead atoms. The van der Waals surface area contributed by atoms with E-state index in [1.165, 1.54) is 44.1 Å². The standard InChI is InChI=1S/C34H51N3O2/c1-6-8-10-16-29(17-11-9-7-2)34(27-35,30-18-13-21-33(26-30)39-5)24-14-19-31(37-36-3)23-22-28-15-12-20-32(25-28)38-4/h12-13,15,18,20-21,25-26,29,31H,6-11,14,16-17,19,22-24H2,1-5H3/b37-36+. The van der Waals surface area contributed by atoms with E-state index in [0.717, 1.165) is 62.0 Å². The largest absolute Gasteiger partial charge is 0.497 e. The van der Waals surface area contributed by atoms with E-state index >= 15 is 0 Å². The highest BCUT2D eigenvalue weighted by atomic mass is 16.5. The monoisotopic (exact) mass is 533 g/mol. The Hall–Kier alpha value is -2.87. The van der Waals surface area contributed by atoms with E-state index in [1.807, 2.05) is 24.3 Å². The van der Waals surface area contributed by atoms with E-state index in [1.54, 1.807) is 21.3 Å². The van der Waals surface area contributed by atoms with Crippen LogP contribution in [-0.4, -0.2) is 27.3 Å². The zero-order valence-electron chi connectivity index (χ0n) is 25.1. The topological polar surface area (TPSA) is 67.0 Å². The van der Waals surface area contributed by atoms with Crippen LogP contribution in [0.25, 0.3) is 0 Å². The van der Waals surface area contributed by atoms with Crippen molar-refractivity contribution in [2.24, 2.45) is 16.1 Å². The van der Waals surface area contributed by atoms with Crippen LogP contribution in [0.15, 0.2) is 58.8 Å². The lowest BCUT2D eigenvalue weighted by molar-refractivity contribution is 0.258. The summed E-state index contributed by atoms with van der Waals surface area (Å²) < 4.78 is 11.0. The molecule has 0 aliphatic rings. The highest BCUT2D eigenvalue weighted by Gasteiger charge is 2.40. The molecule has 2 rings (SSSR count). The number of ether oxygens (including phenoxy) is 2. The Bertz CT molecular complexity index is 1010. The minimum Gasteiger partial charge on any atom is -0.497 e. The van der Waals surface area contributed by atoms with E-state index in [0.29, 0.717) is 5.92 Å². The molecule has 0 aliphatic carbocycles. The fourth-order valence-electron chi connectivity index (χ4n) is 5.82. The lowest BCUT2D eigenvalue weighted by Crippen LogP contribution is -2.34. The maximum Gasteiger partial charge on any atom is 0.119 e. The Balaban J connectivity index is 2.26. The fraction of sp³-hybridized carbons (Fsp3) is 0.618. The molecule has 2 unspecified atom stereocenters. The number of nitriles is 1. The molecule has 0 amide bonds. The van der Waals surface area contributed by atoms with Gasteiger partial charge in [-0.1, -0.05) is 76.6 Å². The third-order valence-corrected chi connectivity index (χ3v) is 8.08. The lowest BCUT2D eigenvalue weighted by Gasteiger charge is -2.37. The van der Waals surface area contributed by atoms with Crippen LogP contribution in [0, 0.1) is 17.2 Å². The fourth-order valence-corrected chi connectivity index (χ4v) is 5.82. The third kappa shape index (κ3) is 10.3. The number of azo groups is 1. The van der Waals surface area contributed by atoms with Gasteiger partial charge in [0.2, 0.25) is 0 Å². The maximum absolute atomic E-state index is 10.9.